The van der Waals surface area contributed by atoms with Gasteiger partial charge in [0, 0.05) is 18.8 Å². The van der Waals surface area contributed by atoms with Crippen molar-refractivity contribution in [3.63, 3.8) is 0 Å². The lowest BCUT2D eigenvalue weighted by molar-refractivity contribution is 0.0460. The SMILES string of the molecule is CN(C)CC(C)(O)CNc1c(Cl)cc(N)cc1Cl. The molecule has 1 unspecified atom stereocenters. The van der Waals surface area contributed by atoms with E-state index in [1.165, 1.54) is 0 Å². The maximum atomic E-state index is 10.2. The summed E-state index contributed by atoms with van der Waals surface area (Å²) in [5, 5.41) is 14.1. The second kappa shape index (κ2) is 5.97. The highest BCUT2D eigenvalue weighted by Gasteiger charge is 2.22. The van der Waals surface area contributed by atoms with Crippen molar-refractivity contribution in [2.75, 3.05) is 38.2 Å². The Morgan fingerprint density at radius 1 is 1.33 bits per heavy atom. The number of aliphatic hydroxyl groups is 1. The van der Waals surface area contributed by atoms with Gasteiger partial charge in [-0.3, -0.25) is 0 Å². The zero-order valence-corrected chi connectivity index (χ0v) is 12.3. The number of nitrogens with one attached hydrogen (secondary N) is 1. The van der Waals surface area contributed by atoms with E-state index in [0.29, 0.717) is 34.5 Å². The summed E-state index contributed by atoms with van der Waals surface area (Å²) in [7, 11) is 3.80. The number of nitrogens with zero attached hydrogens (tertiary/aromatic N) is 1. The van der Waals surface area contributed by atoms with Gasteiger partial charge in [0.1, 0.15) is 0 Å². The van der Waals surface area contributed by atoms with Crippen LogP contribution in [0.4, 0.5) is 11.4 Å². The minimum atomic E-state index is -0.877. The van der Waals surface area contributed by atoms with Gasteiger partial charge >= 0.3 is 0 Å². The number of hydrogen-bond donors (Lipinski definition) is 3. The van der Waals surface area contributed by atoms with Crippen molar-refractivity contribution in [2.24, 2.45) is 0 Å². The van der Waals surface area contributed by atoms with Gasteiger partial charge in [0.25, 0.3) is 0 Å². The van der Waals surface area contributed by atoms with Crippen LogP contribution in [0.25, 0.3) is 0 Å². The summed E-state index contributed by atoms with van der Waals surface area (Å²) in [6.45, 7) is 2.62. The Balaban J connectivity index is 2.75. The maximum Gasteiger partial charge on any atom is 0.0917 e. The Morgan fingerprint density at radius 2 is 1.83 bits per heavy atom. The summed E-state index contributed by atoms with van der Waals surface area (Å²) in [5.74, 6) is 0. The smallest absolute Gasteiger partial charge is 0.0917 e. The number of hydrogen-bond acceptors (Lipinski definition) is 4. The summed E-state index contributed by atoms with van der Waals surface area (Å²) in [5.41, 5.74) is 5.85. The molecule has 102 valence electrons. The lowest BCUT2D eigenvalue weighted by Crippen LogP contribution is -2.43. The molecular formula is C12H19Cl2N3O. The first-order valence-electron chi connectivity index (χ1n) is 5.57. The first-order valence-corrected chi connectivity index (χ1v) is 6.32. The van der Waals surface area contributed by atoms with Gasteiger partial charge in [-0.25, -0.2) is 0 Å². The Labute approximate surface area is 118 Å². The van der Waals surface area contributed by atoms with Crippen LogP contribution in [0.3, 0.4) is 0 Å². The fourth-order valence-corrected chi connectivity index (χ4v) is 2.42. The second-order valence-electron chi connectivity index (χ2n) is 4.95. The van der Waals surface area contributed by atoms with E-state index >= 15 is 0 Å². The second-order valence-corrected chi connectivity index (χ2v) is 5.76. The molecule has 0 spiro atoms. The Hall–Kier alpha value is -0.680. The molecule has 1 aromatic carbocycles. The number of nitrogen functional groups attached to an aromatic ring is 1. The molecule has 18 heavy (non-hydrogen) atoms. The van der Waals surface area contributed by atoms with Crippen LogP contribution in [0.1, 0.15) is 6.92 Å². The monoisotopic (exact) mass is 291 g/mol. The molecule has 0 amide bonds. The summed E-state index contributed by atoms with van der Waals surface area (Å²) in [6.07, 6.45) is 0. The average Bonchev–Trinajstić information content (AvgIpc) is 2.12. The van der Waals surface area contributed by atoms with Gasteiger partial charge in [-0.1, -0.05) is 23.2 Å². The molecular weight excluding hydrogens is 273 g/mol. The maximum absolute atomic E-state index is 10.2. The summed E-state index contributed by atoms with van der Waals surface area (Å²) in [6, 6.07) is 3.24. The molecule has 6 heteroatoms. The highest BCUT2D eigenvalue weighted by molar-refractivity contribution is 6.39. The molecule has 0 saturated carbocycles. The van der Waals surface area contributed by atoms with Crippen molar-refractivity contribution in [1.29, 1.82) is 0 Å². The molecule has 0 aliphatic heterocycles. The third-order valence-corrected chi connectivity index (χ3v) is 2.96. The van der Waals surface area contributed by atoms with Gasteiger partial charge in [0.05, 0.1) is 21.3 Å². The molecule has 0 aliphatic rings. The standard InChI is InChI=1S/C12H19Cl2N3O/c1-12(18,7-17(2)3)6-16-11-9(13)4-8(15)5-10(11)14/h4-5,16,18H,6-7,15H2,1-3H3. The number of nitrogens with two attached hydrogens (primary N) is 1. The summed E-state index contributed by atoms with van der Waals surface area (Å²) < 4.78 is 0. The first kappa shape index (κ1) is 15.4. The molecule has 1 atom stereocenters. The molecule has 0 heterocycles. The van der Waals surface area contributed by atoms with E-state index in [2.05, 4.69) is 5.32 Å². The van der Waals surface area contributed by atoms with Crippen LogP contribution in [0.5, 0.6) is 0 Å². The van der Waals surface area contributed by atoms with Crippen molar-refractivity contribution >= 4 is 34.6 Å². The number of likely N-dealkylation sites (N-methyl/N-ethyl adjacent to an activating group) is 1. The van der Waals surface area contributed by atoms with Crippen LogP contribution >= 0.6 is 23.2 Å². The molecule has 4 N–H and O–H groups in total. The molecule has 1 aromatic rings. The predicted octanol–water partition coefficient (Wildman–Crippen LogP) is 2.30. The zero-order chi connectivity index (χ0) is 13.9. The molecule has 0 bridgehead atoms. The van der Waals surface area contributed by atoms with Crippen molar-refractivity contribution in [2.45, 2.75) is 12.5 Å². The Kier molecular flexibility index (Phi) is 5.10. The number of halogens is 2. The highest BCUT2D eigenvalue weighted by Crippen LogP contribution is 2.33. The molecule has 4 nitrogen and oxygen atoms in total. The van der Waals surface area contributed by atoms with Crippen molar-refractivity contribution in [3.8, 4) is 0 Å². The van der Waals surface area contributed by atoms with Gasteiger partial charge in [0.2, 0.25) is 0 Å². The lowest BCUT2D eigenvalue weighted by atomic mass is 10.1. The largest absolute Gasteiger partial charge is 0.399 e. The average molecular weight is 292 g/mol. The quantitative estimate of drug-likeness (QED) is 0.729. The minimum absolute atomic E-state index is 0.342. The number of benzene rings is 1. The highest BCUT2D eigenvalue weighted by atomic mass is 35.5. The van der Waals surface area contributed by atoms with E-state index in [1.807, 2.05) is 19.0 Å². The van der Waals surface area contributed by atoms with E-state index in [-0.39, 0.29) is 0 Å². The van der Waals surface area contributed by atoms with E-state index < -0.39 is 5.60 Å². The number of rotatable bonds is 5. The Morgan fingerprint density at radius 3 is 2.28 bits per heavy atom. The Bertz CT molecular complexity index is 399. The van der Waals surface area contributed by atoms with Gasteiger partial charge in [-0.2, -0.15) is 0 Å². The zero-order valence-electron chi connectivity index (χ0n) is 10.8. The van der Waals surface area contributed by atoms with Crippen LogP contribution in [-0.2, 0) is 0 Å². The van der Waals surface area contributed by atoms with Crippen LogP contribution in [0.2, 0.25) is 10.0 Å². The van der Waals surface area contributed by atoms with E-state index in [4.69, 9.17) is 28.9 Å². The van der Waals surface area contributed by atoms with E-state index in [1.54, 1.807) is 19.1 Å². The third kappa shape index (κ3) is 4.53. The van der Waals surface area contributed by atoms with E-state index in [0.717, 1.165) is 0 Å². The fourth-order valence-electron chi connectivity index (χ4n) is 1.78. The lowest BCUT2D eigenvalue weighted by Gasteiger charge is -2.28. The van der Waals surface area contributed by atoms with Crippen molar-refractivity contribution < 1.29 is 5.11 Å². The van der Waals surface area contributed by atoms with Gasteiger partial charge in [0.15, 0.2) is 0 Å². The van der Waals surface area contributed by atoms with Gasteiger partial charge < -0.3 is 21.1 Å². The van der Waals surface area contributed by atoms with Crippen LogP contribution in [0, 0.1) is 0 Å². The fraction of sp³-hybridized carbons (Fsp3) is 0.500. The molecule has 0 aromatic heterocycles. The van der Waals surface area contributed by atoms with Crippen molar-refractivity contribution in [1.82, 2.24) is 4.90 Å². The van der Waals surface area contributed by atoms with Gasteiger partial charge in [-0.05, 0) is 33.2 Å². The molecule has 0 aliphatic carbocycles. The third-order valence-electron chi connectivity index (χ3n) is 2.37. The normalized spacial score (nSPS) is 14.6. The molecule has 0 saturated heterocycles. The summed E-state index contributed by atoms with van der Waals surface area (Å²) >= 11 is 12.1. The first-order chi connectivity index (χ1) is 8.21. The van der Waals surface area contributed by atoms with Gasteiger partial charge in [-0.15, -0.1) is 0 Å². The molecule has 1 rings (SSSR count). The topological polar surface area (TPSA) is 61.5 Å². The molecule has 0 fully saturated rings. The van der Waals surface area contributed by atoms with Crippen LogP contribution in [0.15, 0.2) is 12.1 Å². The number of anilines is 2. The summed E-state index contributed by atoms with van der Waals surface area (Å²) in [4.78, 5) is 1.91. The predicted molar refractivity (Wildman–Crippen MR) is 78.5 cm³/mol. The minimum Gasteiger partial charge on any atom is -0.399 e. The van der Waals surface area contributed by atoms with Crippen LogP contribution in [-0.4, -0.2) is 42.8 Å². The van der Waals surface area contributed by atoms with E-state index in [9.17, 15) is 5.11 Å². The van der Waals surface area contributed by atoms with Crippen molar-refractivity contribution in [3.05, 3.63) is 22.2 Å². The van der Waals surface area contributed by atoms with Crippen LogP contribution < -0.4 is 11.1 Å². The molecule has 0 radical (unpaired) electrons.